The molecule has 2 N–H and O–H groups in total. The lowest BCUT2D eigenvalue weighted by atomic mass is 9.84. The summed E-state index contributed by atoms with van der Waals surface area (Å²) >= 11 is 0. The SMILES string of the molecule is CCC1CCC(NCC(=O)Nc2ccccc2F)CC1. The average molecular weight is 278 g/mol. The number of rotatable bonds is 5. The molecule has 3 nitrogen and oxygen atoms in total. The number of hydrogen-bond acceptors (Lipinski definition) is 2. The summed E-state index contributed by atoms with van der Waals surface area (Å²) in [6.07, 6.45) is 5.99. The Morgan fingerprint density at radius 3 is 2.60 bits per heavy atom. The van der Waals surface area contributed by atoms with Crippen LogP contribution in [0.4, 0.5) is 10.1 Å². The van der Waals surface area contributed by atoms with Gasteiger partial charge in [0.15, 0.2) is 0 Å². The van der Waals surface area contributed by atoms with Crippen LogP contribution in [-0.4, -0.2) is 18.5 Å². The molecule has 1 amide bonds. The molecular formula is C16H23FN2O. The van der Waals surface area contributed by atoms with Crippen LogP contribution in [0.1, 0.15) is 39.0 Å². The molecule has 0 saturated heterocycles. The summed E-state index contributed by atoms with van der Waals surface area (Å²) in [6, 6.07) is 6.65. The van der Waals surface area contributed by atoms with Gasteiger partial charge in [0.1, 0.15) is 5.82 Å². The van der Waals surface area contributed by atoms with Gasteiger partial charge in [-0.05, 0) is 43.7 Å². The van der Waals surface area contributed by atoms with Crippen LogP contribution in [0, 0.1) is 11.7 Å². The minimum absolute atomic E-state index is 0.187. The van der Waals surface area contributed by atoms with Gasteiger partial charge in [-0.1, -0.05) is 25.5 Å². The van der Waals surface area contributed by atoms with Crippen molar-refractivity contribution in [2.45, 2.75) is 45.1 Å². The molecule has 0 atom stereocenters. The first-order valence-electron chi connectivity index (χ1n) is 7.46. The van der Waals surface area contributed by atoms with Gasteiger partial charge in [0.2, 0.25) is 5.91 Å². The van der Waals surface area contributed by atoms with Gasteiger partial charge in [-0.2, -0.15) is 0 Å². The van der Waals surface area contributed by atoms with E-state index in [1.165, 1.54) is 25.3 Å². The first kappa shape index (κ1) is 15.0. The topological polar surface area (TPSA) is 41.1 Å². The zero-order valence-corrected chi connectivity index (χ0v) is 12.0. The van der Waals surface area contributed by atoms with Crippen LogP contribution in [0.25, 0.3) is 0 Å². The molecule has 1 aliphatic carbocycles. The van der Waals surface area contributed by atoms with Gasteiger partial charge in [0.05, 0.1) is 12.2 Å². The maximum atomic E-state index is 13.4. The van der Waals surface area contributed by atoms with Gasteiger partial charge in [-0.3, -0.25) is 4.79 Å². The molecule has 1 aromatic rings. The number of hydrogen-bond donors (Lipinski definition) is 2. The van der Waals surface area contributed by atoms with Crippen LogP contribution in [0.5, 0.6) is 0 Å². The van der Waals surface area contributed by atoms with Crippen LogP contribution in [0.2, 0.25) is 0 Å². The van der Waals surface area contributed by atoms with E-state index >= 15 is 0 Å². The number of nitrogens with one attached hydrogen (secondary N) is 2. The highest BCUT2D eigenvalue weighted by Crippen LogP contribution is 2.26. The van der Waals surface area contributed by atoms with Crippen LogP contribution in [0.15, 0.2) is 24.3 Å². The Bertz CT molecular complexity index is 442. The molecule has 110 valence electrons. The van der Waals surface area contributed by atoms with Crippen molar-refractivity contribution in [1.82, 2.24) is 5.32 Å². The van der Waals surface area contributed by atoms with Crippen LogP contribution in [-0.2, 0) is 4.79 Å². The molecule has 1 aliphatic rings. The number of carbonyl (C=O) groups is 1. The lowest BCUT2D eigenvalue weighted by Crippen LogP contribution is -2.38. The molecule has 1 fully saturated rings. The van der Waals surface area contributed by atoms with E-state index in [9.17, 15) is 9.18 Å². The Hall–Kier alpha value is -1.42. The van der Waals surface area contributed by atoms with Crippen molar-refractivity contribution in [3.8, 4) is 0 Å². The van der Waals surface area contributed by atoms with E-state index in [-0.39, 0.29) is 18.1 Å². The Balaban J connectivity index is 1.72. The molecule has 4 heteroatoms. The maximum absolute atomic E-state index is 13.4. The largest absolute Gasteiger partial charge is 0.322 e. The molecule has 1 aromatic carbocycles. The highest BCUT2D eigenvalue weighted by atomic mass is 19.1. The molecule has 0 bridgehead atoms. The second kappa shape index (κ2) is 7.39. The lowest BCUT2D eigenvalue weighted by Gasteiger charge is -2.28. The van der Waals surface area contributed by atoms with E-state index in [4.69, 9.17) is 0 Å². The van der Waals surface area contributed by atoms with E-state index in [2.05, 4.69) is 17.6 Å². The van der Waals surface area contributed by atoms with Gasteiger partial charge < -0.3 is 10.6 Å². The van der Waals surface area contributed by atoms with Crippen molar-refractivity contribution in [2.24, 2.45) is 5.92 Å². The first-order chi connectivity index (χ1) is 9.69. The summed E-state index contributed by atoms with van der Waals surface area (Å²) in [6.45, 7) is 2.48. The Morgan fingerprint density at radius 2 is 1.95 bits per heavy atom. The number of carbonyl (C=O) groups excluding carboxylic acids is 1. The van der Waals surface area contributed by atoms with Crippen molar-refractivity contribution in [2.75, 3.05) is 11.9 Å². The third-order valence-corrected chi connectivity index (χ3v) is 4.12. The predicted molar refractivity (Wildman–Crippen MR) is 79.1 cm³/mol. The first-order valence-corrected chi connectivity index (χ1v) is 7.46. The predicted octanol–water partition coefficient (Wildman–Crippen LogP) is 3.32. The summed E-state index contributed by atoms with van der Waals surface area (Å²) in [7, 11) is 0. The van der Waals surface area contributed by atoms with E-state index in [1.807, 2.05) is 0 Å². The second-order valence-electron chi connectivity index (χ2n) is 5.53. The van der Waals surface area contributed by atoms with Crippen molar-refractivity contribution >= 4 is 11.6 Å². The maximum Gasteiger partial charge on any atom is 0.238 e. The van der Waals surface area contributed by atoms with Gasteiger partial charge in [0.25, 0.3) is 0 Å². The van der Waals surface area contributed by atoms with Crippen LogP contribution >= 0.6 is 0 Å². The van der Waals surface area contributed by atoms with E-state index < -0.39 is 5.82 Å². The molecular weight excluding hydrogens is 255 g/mol. The van der Waals surface area contributed by atoms with Gasteiger partial charge in [-0.15, -0.1) is 0 Å². The zero-order valence-electron chi connectivity index (χ0n) is 12.0. The third-order valence-electron chi connectivity index (χ3n) is 4.12. The molecule has 0 unspecified atom stereocenters. The summed E-state index contributed by atoms with van der Waals surface area (Å²) in [5, 5.41) is 5.86. The number of benzene rings is 1. The monoisotopic (exact) mass is 278 g/mol. The van der Waals surface area contributed by atoms with Gasteiger partial charge >= 0.3 is 0 Å². The fraction of sp³-hybridized carbons (Fsp3) is 0.562. The Labute approximate surface area is 120 Å². The lowest BCUT2D eigenvalue weighted by molar-refractivity contribution is -0.115. The highest BCUT2D eigenvalue weighted by molar-refractivity contribution is 5.92. The minimum atomic E-state index is -0.399. The van der Waals surface area contributed by atoms with Crippen LogP contribution < -0.4 is 10.6 Å². The molecule has 0 radical (unpaired) electrons. The van der Waals surface area contributed by atoms with Crippen molar-refractivity contribution in [3.05, 3.63) is 30.1 Å². The van der Waals surface area contributed by atoms with Gasteiger partial charge in [-0.25, -0.2) is 4.39 Å². The molecule has 2 rings (SSSR count). The summed E-state index contributed by atoms with van der Waals surface area (Å²) in [4.78, 5) is 11.8. The molecule has 0 spiro atoms. The minimum Gasteiger partial charge on any atom is -0.322 e. The van der Waals surface area contributed by atoms with E-state index in [0.29, 0.717) is 6.04 Å². The molecule has 0 aliphatic heterocycles. The molecule has 1 saturated carbocycles. The smallest absolute Gasteiger partial charge is 0.238 e. The third kappa shape index (κ3) is 4.30. The number of para-hydroxylation sites is 1. The summed E-state index contributed by atoms with van der Waals surface area (Å²) < 4.78 is 13.4. The molecule has 0 aromatic heterocycles. The van der Waals surface area contributed by atoms with Crippen molar-refractivity contribution in [1.29, 1.82) is 0 Å². The quantitative estimate of drug-likeness (QED) is 0.867. The Kier molecular flexibility index (Phi) is 5.53. The fourth-order valence-electron chi connectivity index (χ4n) is 2.77. The molecule has 0 heterocycles. The average Bonchev–Trinajstić information content (AvgIpc) is 2.48. The van der Waals surface area contributed by atoms with Crippen LogP contribution in [0.3, 0.4) is 0 Å². The van der Waals surface area contributed by atoms with Crippen molar-refractivity contribution in [3.63, 3.8) is 0 Å². The zero-order chi connectivity index (χ0) is 14.4. The molecule has 20 heavy (non-hydrogen) atoms. The Morgan fingerprint density at radius 1 is 1.25 bits per heavy atom. The normalized spacial score (nSPS) is 22.5. The summed E-state index contributed by atoms with van der Waals surface area (Å²) in [5.41, 5.74) is 0.244. The van der Waals surface area contributed by atoms with Crippen molar-refractivity contribution < 1.29 is 9.18 Å². The number of amides is 1. The van der Waals surface area contributed by atoms with E-state index in [0.717, 1.165) is 18.8 Å². The number of anilines is 1. The highest BCUT2D eigenvalue weighted by Gasteiger charge is 2.20. The summed E-state index contributed by atoms with van der Waals surface area (Å²) in [5.74, 6) is 0.261. The standard InChI is InChI=1S/C16H23FN2O/c1-2-12-7-9-13(10-8-12)18-11-16(20)19-15-6-4-3-5-14(15)17/h3-6,12-13,18H,2,7-11H2,1H3,(H,19,20). The second-order valence-corrected chi connectivity index (χ2v) is 5.53. The van der Waals surface area contributed by atoms with E-state index in [1.54, 1.807) is 18.2 Å². The number of halogens is 1. The van der Waals surface area contributed by atoms with Gasteiger partial charge in [0, 0.05) is 6.04 Å². The fourth-order valence-corrected chi connectivity index (χ4v) is 2.77.